The molecule has 0 aromatic heterocycles. The molecule has 0 fully saturated rings. The van der Waals surface area contributed by atoms with E-state index in [1.165, 1.54) is 17.2 Å². The summed E-state index contributed by atoms with van der Waals surface area (Å²) < 4.78 is 5.47. The van der Waals surface area contributed by atoms with Crippen molar-refractivity contribution >= 4 is 18.0 Å². The summed E-state index contributed by atoms with van der Waals surface area (Å²) in [6, 6.07) is 15.3. The first-order valence-corrected chi connectivity index (χ1v) is 10.7. The summed E-state index contributed by atoms with van der Waals surface area (Å²) in [7, 11) is 0. The monoisotopic (exact) mass is 436 g/mol. The minimum absolute atomic E-state index is 0.00888. The number of nitrogens with one attached hydrogen (secondary N) is 2. The van der Waals surface area contributed by atoms with Gasteiger partial charge >= 0.3 is 12.1 Å². The molecule has 168 valence electrons. The zero-order valence-corrected chi connectivity index (χ0v) is 17.9. The summed E-state index contributed by atoms with van der Waals surface area (Å²) in [6.07, 6.45) is 2.43. The van der Waals surface area contributed by atoms with Gasteiger partial charge in [0.25, 0.3) is 0 Å². The molecule has 3 N–H and O–H groups in total. The Balaban J connectivity index is 1.38. The third-order valence-corrected chi connectivity index (χ3v) is 5.48. The Morgan fingerprint density at radius 2 is 1.66 bits per heavy atom. The average Bonchev–Trinajstić information content (AvgIpc) is 3.11. The number of amides is 2. The lowest BCUT2D eigenvalue weighted by Gasteiger charge is -2.14. The van der Waals surface area contributed by atoms with Gasteiger partial charge in [-0.25, -0.2) is 9.59 Å². The van der Waals surface area contributed by atoms with Gasteiger partial charge in [-0.05, 0) is 41.5 Å². The maximum absolute atomic E-state index is 12.1. The smallest absolute Gasteiger partial charge is 0.407 e. The van der Waals surface area contributed by atoms with Gasteiger partial charge in [0.2, 0.25) is 5.91 Å². The molecule has 2 amide bonds. The molecule has 0 saturated heterocycles. The van der Waals surface area contributed by atoms with Crippen molar-refractivity contribution in [1.29, 1.82) is 0 Å². The molecule has 7 nitrogen and oxygen atoms in total. The van der Waals surface area contributed by atoms with Crippen molar-refractivity contribution < 1.29 is 24.2 Å². The third kappa shape index (κ3) is 5.75. The molecule has 1 aliphatic rings. The van der Waals surface area contributed by atoms with Crippen LogP contribution in [0.1, 0.15) is 42.7 Å². The van der Waals surface area contributed by atoms with Gasteiger partial charge in [0, 0.05) is 18.9 Å². The van der Waals surface area contributed by atoms with Crippen molar-refractivity contribution in [3.8, 4) is 11.1 Å². The van der Waals surface area contributed by atoms with Crippen LogP contribution in [-0.4, -0.2) is 42.3 Å². The number of unbranched alkanes of at least 4 members (excludes halogenated alkanes) is 1. The minimum Gasteiger partial charge on any atom is -0.480 e. The summed E-state index contributed by atoms with van der Waals surface area (Å²) in [6.45, 7) is 4.12. The Labute approximate surface area is 187 Å². The zero-order valence-electron chi connectivity index (χ0n) is 17.9. The number of carbonyl (C=O) groups is 3. The number of alkyl carbamates (subject to hydrolysis) is 1. The van der Waals surface area contributed by atoms with Crippen LogP contribution >= 0.6 is 0 Å². The van der Waals surface area contributed by atoms with Gasteiger partial charge in [0.1, 0.15) is 12.6 Å². The Kier molecular flexibility index (Phi) is 8.02. The number of hydrogen-bond acceptors (Lipinski definition) is 4. The molecule has 3 rings (SSSR count). The maximum Gasteiger partial charge on any atom is 0.407 e. The van der Waals surface area contributed by atoms with Gasteiger partial charge in [0.15, 0.2) is 0 Å². The second-order valence-electron chi connectivity index (χ2n) is 7.69. The summed E-state index contributed by atoms with van der Waals surface area (Å²) >= 11 is 0. The molecule has 32 heavy (non-hydrogen) atoms. The van der Waals surface area contributed by atoms with Crippen molar-refractivity contribution in [2.75, 3.05) is 13.2 Å². The number of fused-ring (bicyclic) bond motifs is 3. The Bertz CT molecular complexity index is 942. The van der Waals surface area contributed by atoms with Crippen molar-refractivity contribution in [1.82, 2.24) is 10.6 Å². The van der Waals surface area contributed by atoms with Crippen LogP contribution in [0.15, 0.2) is 61.2 Å². The number of hydrogen-bond donors (Lipinski definition) is 3. The Hall–Kier alpha value is -3.61. The third-order valence-electron chi connectivity index (χ3n) is 5.48. The summed E-state index contributed by atoms with van der Waals surface area (Å²) in [5.74, 6) is -1.41. The van der Waals surface area contributed by atoms with E-state index in [0.29, 0.717) is 19.4 Å². The van der Waals surface area contributed by atoms with Crippen LogP contribution in [0.25, 0.3) is 11.1 Å². The number of carbonyl (C=O) groups excluding carboxylic acids is 2. The van der Waals surface area contributed by atoms with Crippen LogP contribution in [0, 0.1) is 0 Å². The molecule has 0 radical (unpaired) electrons. The highest BCUT2D eigenvalue weighted by Crippen LogP contribution is 2.44. The predicted octanol–water partition coefficient (Wildman–Crippen LogP) is 3.84. The number of carboxylic acids is 1. The van der Waals surface area contributed by atoms with Crippen LogP contribution in [0.3, 0.4) is 0 Å². The van der Waals surface area contributed by atoms with Crippen LogP contribution in [0.5, 0.6) is 0 Å². The minimum atomic E-state index is -1.09. The average molecular weight is 437 g/mol. The van der Waals surface area contributed by atoms with E-state index in [0.717, 1.165) is 11.1 Å². The quantitative estimate of drug-likeness (QED) is 0.367. The lowest BCUT2D eigenvalue weighted by Crippen LogP contribution is -2.40. The van der Waals surface area contributed by atoms with Gasteiger partial charge in [-0.2, -0.15) is 0 Å². The van der Waals surface area contributed by atoms with E-state index >= 15 is 0 Å². The van der Waals surface area contributed by atoms with E-state index in [4.69, 9.17) is 9.84 Å². The van der Waals surface area contributed by atoms with Gasteiger partial charge in [0.05, 0.1) is 0 Å². The highest BCUT2D eigenvalue weighted by atomic mass is 16.5. The number of benzene rings is 2. The van der Waals surface area contributed by atoms with E-state index in [1.54, 1.807) is 0 Å². The zero-order chi connectivity index (χ0) is 22.9. The SMILES string of the molecule is C=CCC(NC(=O)CCCCNC(=O)OCC1c2ccccc2-c2ccccc21)C(=O)O. The van der Waals surface area contributed by atoms with E-state index < -0.39 is 18.1 Å². The fourth-order valence-corrected chi connectivity index (χ4v) is 3.91. The molecule has 1 aliphatic carbocycles. The fraction of sp³-hybridized carbons (Fsp3) is 0.320. The molecular weight excluding hydrogens is 408 g/mol. The van der Waals surface area contributed by atoms with Crippen LogP contribution < -0.4 is 10.6 Å². The second kappa shape index (κ2) is 11.1. The van der Waals surface area contributed by atoms with Crippen molar-refractivity contribution in [2.45, 2.75) is 37.6 Å². The first-order chi connectivity index (χ1) is 15.5. The molecule has 0 heterocycles. The molecule has 0 saturated carbocycles. The maximum atomic E-state index is 12.1. The van der Waals surface area contributed by atoms with Crippen LogP contribution in [0.4, 0.5) is 4.79 Å². The molecule has 0 spiro atoms. The fourth-order valence-electron chi connectivity index (χ4n) is 3.91. The Morgan fingerprint density at radius 1 is 1.03 bits per heavy atom. The van der Waals surface area contributed by atoms with Gasteiger partial charge in [-0.15, -0.1) is 6.58 Å². The summed E-state index contributed by atoms with van der Waals surface area (Å²) in [5, 5.41) is 14.2. The van der Waals surface area contributed by atoms with Crippen molar-refractivity contribution in [2.24, 2.45) is 0 Å². The molecular formula is C25H28N2O5. The Morgan fingerprint density at radius 3 is 2.25 bits per heavy atom. The first kappa shape index (κ1) is 23.1. The largest absolute Gasteiger partial charge is 0.480 e. The predicted molar refractivity (Wildman–Crippen MR) is 121 cm³/mol. The van der Waals surface area contributed by atoms with E-state index in [2.05, 4.69) is 41.5 Å². The van der Waals surface area contributed by atoms with E-state index in [-0.39, 0.29) is 31.3 Å². The number of carboxylic acid groups (broad SMARTS) is 1. The van der Waals surface area contributed by atoms with E-state index in [9.17, 15) is 14.4 Å². The lowest BCUT2D eigenvalue weighted by molar-refractivity contribution is -0.141. The lowest BCUT2D eigenvalue weighted by atomic mass is 9.98. The molecule has 2 aromatic carbocycles. The number of ether oxygens (including phenoxy) is 1. The highest BCUT2D eigenvalue weighted by molar-refractivity contribution is 5.83. The van der Waals surface area contributed by atoms with E-state index in [1.807, 2.05) is 24.3 Å². The molecule has 0 aliphatic heterocycles. The summed E-state index contributed by atoms with van der Waals surface area (Å²) in [4.78, 5) is 35.0. The number of rotatable bonds is 11. The van der Waals surface area contributed by atoms with Gasteiger partial charge in [-0.1, -0.05) is 54.6 Å². The topological polar surface area (TPSA) is 105 Å². The highest BCUT2D eigenvalue weighted by Gasteiger charge is 2.28. The number of aliphatic carboxylic acids is 1. The molecule has 2 aromatic rings. The second-order valence-corrected chi connectivity index (χ2v) is 7.69. The standard InChI is InChI=1S/C25H28N2O5/c1-2-9-22(24(29)30)27-23(28)14-7-8-15-26-25(31)32-16-21-19-12-5-3-10-17(19)18-11-4-6-13-20(18)21/h2-6,10-13,21-22H,1,7-9,14-16H2,(H,26,31)(H,27,28)(H,29,30). The van der Waals surface area contributed by atoms with Gasteiger partial charge < -0.3 is 20.5 Å². The van der Waals surface area contributed by atoms with Crippen molar-refractivity contribution in [3.05, 3.63) is 72.3 Å². The summed E-state index contributed by atoms with van der Waals surface area (Å²) in [5.41, 5.74) is 4.66. The normalized spacial score (nSPS) is 12.9. The molecule has 7 heteroatoms. The first-order valence-electron chi connectivity index (χ1n) is 10.7. The van der Waals surface area contributed by atoms with Crippen LogP contribution in [-0.2, 0) is 14.3 Å². The van der Waals surface area contributed by atoms with Crippen molar-refractivity contribution in [3.63, 3.8) is 0 Å². The molecule has 1 atom stereocenters. The molecule has 0 bridgehead atoms. The molecule has 1 unspecified atom stereocenters. The van der Waals surface area contributed by atoms with Gasteiger partial charge in [-0.3, -0.25) is 4.79 Å². The van der Waals surface area contributed by atoms with Crippen LogP contribution in [0.2, 0.25) is 0 Å².